The third-order valence-electron chi connectivity index (χ3n) is 4.68. The molecule has 0 spiro atoms. The molecule has 0 unspecified atom stereocenters. The molecule has 29 heavy (non-hydrogen) atoms. The van der Waals surface area contributed by atoms with Crippen LogP contribution < -0.4 is 25.0 Å². The first kappa shape index (κ1) is 20.7. The second-order valence-electron chi connectivity index (χ2n) is 6.96. The minimum Gasteiger partial charge on any atom is -0.493 e. The lowest BCUT2D eigenvalue weighted by Gasteiger charge is -2.28. The van der Waals surface area contributed by atoms with Crippen molar-refractivity contribution in [1.29, 1.82) is 0 Å². The molecule has 1 aliphatic rings. The Morgan fingerprint density at radius 1 is 1.10 bits per heavy atom. The summed E-state index contributed by atoms with van der Waals surface area (Å²) in [6, 6.07) is 9.26. The maximum Gasteiger partial charge on any atom is 0.258 e. The summed E-state index contributed by atoms with van der Waals surface area (Å²) in [7, 11) is 1.57. The van der Waals surface area contributed by atoms with Gasteiger partial charge in [0.05, 0.1) is 7.11 Å². The summed E-state index contributed by atoms with van der Waals surface area (Å²) < 4.78 is 10.7. The van der Waals surface area contributed by atoms with Gasteiger partial charge in [-0.05, 0) is 38.3 Å². The van der Waals surface area contributed by atoms with Crippen molar-refractivity contribution in [3.05, 3.63) is 36.0 Å². The molecule has 0 radical (unpaired) electrons. The van der Waals surface area contributed by atoms with Crippen LogP contribution in [0.4, 0.5) is 11.8 Å². The monoisotopic (exact) mass is 399 g/mol. The highest BCUT2D eigenvalue weighted by molar-refractivity contribution is 5.77. The molecule has 1 amide bonds. The van der Waals surface area contributed by atoms with Crippen LogP contribution in [0.5, 0.6) is 11.5 Å². The number of hydrogen-bond donors (Lipinski definition) is 2. The summed E-state index contributed by atoms with van der Waals surface area (Å²) >= 11 is 0. The Morgan fingerprint density at radius 2 is 1.86 bits per heavy atom. The van der Waals surface area contributed by atoms with Crippen molar-refractivity contribution < 1.29 is 14.3 Å². The summed E-state index contributed by atoms with van der Waals surface area (Å²) in [5.74, 6) is 2.50. The standard InChI is InChI=1S/C21H29N5O3/c1-16-14-19(26-12-6-3-7-13-26)25-21(24-16)23-11-10-22-20(27)15-29-18-9-5-4-8-17(18)28-2/h4-5,8-9,14H,3,6-7,10-13,15H2,1-2H3,(H,22,27)(H,23,24,25). The Labute approximate surface area is 171 Å². The highest BCUT2D eigenvalue weighted by Crippen LogP contribution is 2.25. The van der Waals surface area contributed by atoms with Crippen molar-refractivity contribution in [1.82, 2.24) is 15.3 Å². The Balaban J connectivity index is 1.42. The van der Waals surface area contributed by atoms with Gasteiger partial charge in [0.1, 0.15) is 5.82 Å². The lowest BCUT2D eigenvalue weighted by Crippen LogP contribution is -2.33. The van der Waals surface area contributed by atoms with Crippen molar-refractivity contribution in [3.63, 3.8) is 0 Å². The molecule has 8 heteroatoms. The molecule has 0 atom stereocenters. The van der Waals surface area contributed by atoms with Crippen LogP contribution in [0.3, 0.4) is 0 Å². The summed E-state index contributed by atoms with van der Waals surface area (Å²) in [6.07, 6.45) is 3.69. The highest BCUT2D eigenvalue weighted by atomic mass is 16.5. The predicted molar refractivity (Wildman–Crippen MR) is 113 cm³/mol. The Bertz CT molecular complexity index is 809. The van der Waals surface area contributed by atoms with Crippen LogP contribution in [0.15, 0.2) is 30.3 Å². The molecule has 2 heterocycles. The van der Waals surface area contributed by atoms with Gasteiger partial charge in [-0.1, -0.05) is 12.1 Å². The van der Waals surface area contributed by atoms with Crippen molar-refractivity contribution in [2.45, 2.75) is 26.2 Å². The third kappa shape index (κ3) is 6.23. The smallest absolute Gasteiger partial charge is 0.258 e. The van der Waals surface area contributed by atoms with E-state index in [0.717, 1.165) is 24.6 Å². The van der Waals surface area contributed by atoms with Crippen LogP contribution in [0.25, 0.3) is 0 Å². The number of carbonyl (C=O) groups is 1. The number of nitrogens with one attached hydrogen (secondary N) is 2. The number of aryl methyl sites for hydroxylation is 1. The number of piperidine rings is 1. The fraction of sp³-hybridized carbons (Fsp3) is 0.476. The minimum atomic E-state index is -0.197. The van der Waals surface area contributed by atoms with Crippen LogP contribution in [0.2, 0.25) is 0 Å². The van der Waals surface area contributed by atoms with Gasteiger partial charge in [-0.2, -0.15) is 4.98 Å². The molecular formula is C21H29N5O3. The number of carbonyl (C=O) groups excluding carboxylic acids is 1. The summed E-state index contributed by atoms with van der Waals surface area (Å²) in [5.41, 5.74) is 0.928. The van der Waals surface area contributed by atoms with Crippen molar-refractivity contribution in [2.24, 2.45) is 0 Å². The number of ether oxygens (including phenoxy) is 2. The molecule has 2 N–H and O–H groups in total. The van der Waals surface area contributed by atoms with Gasteiger partial charge in [0.15, 0.2) is 18.1 Å². The SMILES string of the molecule is COc1ccccc1OCC(=O)NCCNc1nc(C)cc(N2CCCCC2)n1. The first-order valence-corrected chi connectivity index (χ1v) is 10.0. The van der Waals surface area contributed by atoms with Gasteiger partial charge in [0.2, 0.25) is 5.95 Å². The van der Waals surface area contributed by atoms with Crippen LogP contribution >= 0.6 is 0 Å². The van der Waals surface area contributed by atoms with E-state index in [1.54, 1.807) is 19.2 Å². The first-order chi connectivity index (χ1) is 14.2. The van der Waals surface area contributed by atoms with Crippen LogP contribution in [0.1, 0.15) is 25.0 Å². The fourth-order valence-electron chi connectivity index (χ4n) is 3.22. The molecule has 1 aliphatic heterocycles. The van der Waals surface area contributed by atoms with E-state index >= 15 is 0 Å². The molecule has 8 nitrogen and oxygen atoms in total. The zero-order valence-corrected chi connectivity index (χ0v) is 17.1. The van der Waals surface area contributed by atoms with Gasteiger partial charge in [-0.3, -0.25) is 4.79 Å². The van der Waals surface area contributed by atoms with Gasteiger partial charge < -0.3 is 25.0 Å². The van der Waals surface area contributed by atoms with E-state index in [-0.39, 0.29) is 12.5 Å². The molecule has 3 rings (SSSR count). The average Bonchev–Trinajstić information content (AvgIpc) is 2.75. The zero-order valence-electron chi connectivity index (χ0n) is 17.1. The minimum absolute atomic E-state index is 0.0690. The van der Waals surface area contributed by atoms with Crippen molar-refractivity contribution in [2.75, 3.05) is 50.1 Å². The van der Waals surface area contributed by atoms with E-state index in [1.807, 2.05) is 25.1 Å². The number of nitrogens with zero attached hydrogens (tertiary/aromatic N) is 3. The van der Waals surface area contributed by atoms with E-state index in [0.29, 0.717) is 30.5 Å². The summed E-state index contributed by atoms with van der Waals surface area (Å²) in [6.45, 7) is 4.96. The molecule has 0 bridgehead atoms. The lowest BCUT2D eigenvalue weighted by atomic mass is 10.1. The number of para-hydroxylation sites is 2. The predicted octanol–water partition coefficient (Wildman–Crippen LogP) is 2.39. The molecule has 156 valence electrons. The van der Waals surface area contributed by atoms with Gasteiger partial charge in [-0.15, -0.1) is 0 Å². The number of hydrogen-bond acceptors (Lipinski definition) is 7. The summed E-state index contributed by atoms with van der Waals surface area (Å²) in [5, 5.41) is 6.01. The first-order valence-electron chi connectivity index (χ1n) is 10.0. The number of amides is 1. The van der Waals surface area contributed by atoms with E-state index < -0.39 is 0 Å². The van der Waals surface area contributed by atoms with Gasteiger partial charge >= 0.3 is 0 Å². The number of rotatable bonds is 9. The molecule has 2 aromatic rings. The van der Waals surface area contributed by atoms with E-state index in [9.17, 15) is 4.79 Å². The highest BCUT2D eigenvalue weighted by Gasteiger charge is 2.14. The topological polar surface area (TPSA) is 88.6 Å². The largest absolute Gasteiger partial charge is 0.493 e. The normalized spacial score (nSPS) is 13.7. The molecule has 1 fully saturated rings. The second-order valence-corrected chi connectivity index (χ2v) is 6.96. The maximum atomic E-state index is 12.0. The molecule has 1 saturated heterocycles. The van der Waals surface area contributed by atoms with Gasteiger partial charge in [-0.25, -0.2) is 4.98 Å². The van der Waals surface area contributed by atoms with E-state index in [1.165, 1.54) is 19.3 Å². The number of anilines is 2. The summed E-state index contributed by atoms with van der Waals surface area (Å²) in [4.78, 5) is 23.4. The molecular weight excluding hydrogens is 370 g/mol. The van der Waals surface area contributed by atoms with E-state index in [2.05, 4.69) is 25.5 Å². The number of benzene rings is 1. The lowest BCUT2D eigenvalue weighted by molar-refractivity contribution is -0.123. The molecule has 1 aromatic heterocycles. The van der Waals surface area contributed by atoms with Crippen molar-refractivity contribution in [3.8, 4) is 11.5 Å². The number of aromatic nitrogens is 2. The van der Waals surface area contributed by atoms with Crippen LogP contribution in [-0.4, -0.2) is 55.8 Å². The van der Waals surface area contributed by atoms with Gasteiger partial charge in [0, 0.05) is 37.9 Å². The van der Waals surface area contributed by atoms with Crippen molar-refractivity contribution >= 4 is 17.7 Å². The quantitative estimate of drug-likeness (QED) is 0.626. The fourth-order valence-corrected chi connectivity index (χ4v) is 3.22. The molecule has 0 aliphatic carbocycles. The average molecular weight is 399 g/mol. The molecule has 0 saturated carbocycles. The van der Waals surface area contributed by atoms with Crippen LogP contribution in [0, 0.1) is 6.92 Å². The zero-order chi connectivity index (χ0) is 20.5. The Kier molecular flexibility index (Phi) is 7.49. The Morgan fingerprint density at radius 3 is 2.62 bits per heavy atom. The van der Waals surface area contributed by atoms with E-state index in [4.69, 9.17) is 9.47 Å². The Hall–Kier alpha value is -3.03. The third-order valence-corrected chi connectivity index (χ3v) is 4.68. The maximum absolute atomic E-state index is 12.0. The van der Waals surface area contributed by atoms with Gasteiger partial charge in [0.25, 0.3) is 5.91 Å². The number of methoxy groups -OCH3 is 1. The second kappa shape index (κ2) is 10.5. The molecule has 1 aromatic carbocycles. The van der Waals surface area contributed by atoms with Crippen LogP contribution in [-0.2, 0) is 4.79 Å².